The summed E-state index contributed by atoms with van der Waals surface area (Å²) in [6.07, 6.45) is 1.68. The molecule has 1 aliphatic heterocycles. The molecule has 0 saturated carbocycles. The van der Waals surface area contributed by atoms with E-state index in [2.05, 4.69) is 30.5 Å². The Morgan fingerprint density at radius 2 is 2.00 bits per heavy atom. The van der Waals surface area contributed by atoms with Gasteiger partial charge in [0.1, 0.15) is 0 Å². The number of alkyl halides is 3. The third kappa shape index (κ3) is 4.58. The Bertz CT molecular complexity index is 633. The molecule has 1 aromatic heterocycles. The average molecular weight is 372 g/mol. The van der Waals surface area contributed by atoms with Crippen LogP contribution in [0.4, 0.5) is 13.2 Å². The average Bonchev–Trinajstić information content (AvgIpc) is 2.99. The van der Waals surface area contributed by atoms with E-state index in [1.165, 1.54) is 10.5 Å². The fourth-order valence-corrected chi connectivity index (χ4v) is 3.86. The number of aryl methyl sites for hydroxylation is 1. The molecule has 2 heterocycles. The van der Waals surface area contributed by atoms with Crippen LogP contribution in [0, 0.1) is 5.92 Å². The second-order valence-electron chi connectivity index (χ2n) is 7.73. The number of halogens is 3. The predicted octanol–water partition coefficient (Wildman–Crippen LogP) is 3.23. The minimum atomic E-state index is -4.18. The lowest BCUT2D eigenvalue weighted by atomic mass is 9.91. The van der Waals surface area contributed by atoms with E-state index in [9.17, 15) is 18.0 Å². The molecule has 1 atom stereocenters. The van der Waals surface area contributed by atoms with Crippen LogP contribution in [0.5, 0.6) is 0 Å². The van der Waals surface area contributed by atoms with Crippen molar-refractivity contribution < 1.29 is 18.0 Å². The second kappa shape index (κ2) is 7.58. The fourth-order valence-electron chi connectivity index (χ4n) is 3.86. The maximum absolute atomic E-state index is 12.6. The van der Waals surface area contributed by atoms with E-state index in [1.807, 2.05) is 4.68 Å². The molecule has 2 aliphatic rings. The van der Waals surface area contributed by atoms with Crippen molar-refractivity contribution in [3.8, 4) is 0 Å². The van der Waals surface area contributed by atoms with Crippen molar-refractivity contribution in [2.24, 2.45) is 5.92 Å². The van der Waals surface area contributed by atoms with E-state index >= 15 is 0 Å². The summed E-state index contributed by atoms with van der Waals surface area (Å²) in [5.74, 6) is -0.259. The van der Waals surface area contributed by atoms with Crippen LogP contribution >= 0.6 is 0 Å². The molecule has 1 aromatic rings. The second-order valence-corrected chi connectivity index (χ2v) is 7.73. The molecule has 0 aromatic carbocycles. The third-order valence-electron chi connectivity index (χ3n) is 5.32. The molecule has 0 spiro atoms. The smallest absolute Gasteiger partial charge is 0.347 e. The number of nitrogens with one attached hydrogen (secondary N) is 1. The maximum Gasteiger partial charge on any atom is 0.401 e. The molecule has 26 heavy (non-hydrogen) atoms. The first kappa shape index (κ1) is 19.2. The summed E-state index contributed by atoms with van der Waals surface area (Å²) in [4.78, 5) is 14.0. The first-order chi connectivity index (χ1) is 12.2. The zero-order chi connectivity index (χ0) is 18.9. The number of fused-ring (bicyclic) bond motifs is 1. The molecule has 146 valence electrons. The van der Waals surface area contributed by atoms with Gasteiger partial charge < -0.3 is 5.32 Å². The van der Waals surface area contributed by atoms with E-state index in [0.29, 0.717) is 25.9 Å². The molecule has 1 N–H and O–H groups in total. The van der Waals surface area contributed by atoms with Crippen LogP contribution in [0.1, 0.15) is 62.9 Å². The largest absolute Gasteiger partial charge is 0.401 e. The molecule has 1 amide bonds. The maximum atomic E-state index is 12.6. The van der Waals surface area contributed by atoms with Crippen molar-refractivity contribution in [3.05, 3.63) is 17.5 Å². The van der Waals surface area contributed by atoms with Crippen molar-refractivity contribution >= 4 is 5.91 Å². The number of carbonyl (C=O) groups excluding carboxylic acids is 1. The molecule has 3 rings (SSSR count). The minimum absolute atomic E-state index is 0.0476. The summed E-state index contributed by atoms with van der Waals surface area (Å²) >= 11 is 0. The number of hydrogen-bond donors (Lipinski definition) is 1. The van der Waals surface area contributed by atoms with Crippen LogP contribution in [0.3, 0.4) is 0 Å². The molecular weight excluding hydrogens is 345 g/mol. The van der Waals surface area contributed by atoms with Crippen molar-refractivity contribution in [2.45, 2.75) is 64.2 Å². The van der Waals surface area contributed by atoms with Crippen LogP contribution in [0.25, 0.3) is 0 Å². The van der Waals surface area contributed by atoms with Crippen molar-refractivity contribution in [1.29, 1.82) is 0 Å². The monoisotopic (exact) mass is 372 g/mol. The lowest BCUT2D eigenvalue weighted by Crippen LogP contribution is -2.44. The number of rotatable bonds is 4. The lowest BCUT2D eigenvalue weighted by molar-refractivity contribution is -0.149. The van der Waals surface area contributed by atoms with Gasteiger partial charge >= 0.3 is 6.18 Å². The SMILES string of the molecule is CC(C)n1cc2c(n1)[C@@H](NC(=O)C1CCN(CC(F)(F)F)CC1)CCC2. The normalized spacial score (nSPS) is 22.5. The Morgan fingerprint density at radius 3 is 2.62 bits per heavy atom. The summed E-state index contributed by atoms with van der Waals surface area (Å²) < 4.78 is 39.4. The number of aromatic nitrogens is 2. The van der Waals surface area contributed by atoms with E-state index in [1.54, 1.807) is 0 Å². The number of carbonyl (C=O) groups is 1. The van der Waals surface area contributed by atoms with Crippen LogP contribution in [-0.4, -0.2) is 46.4 Å². The molecular formula is C18H27F3N4O. The number of hydrogen-bond acceptors (Lipinski definition) is 3. The van der Waals surface area contributed by atoms with Gasteiger partial charge in [-0.3, -0.25) is 14.4 Å². The Hall–Kier alpha value is -1.57. The minimum Gasteiger partial charge on any atom is -0.347 e. The van der Waals surface area contributed by atoms with Crippen LogP contribution in [0.15, 0.2) is 6.20 Å². The van der Waals surface area contributed by atoms with Crippen LogP contribution in [0.2, 0.25) is 0 Å². The molecule has 8 heteroatoms. The lowest BCUT2D eigenvalue weighted by Gasteiger charge is -2.32. The molecule has 1 aliphatic carbocycles. The topological polar surface area (TPSA) is 50.2 Å². The molecule has 1 saturated heterocycles. The number of piperidine rings is 1. The highest BCUT2D eigenvalue weighted by atomic mass is 19.4. The zero-order valence-corrected chi connectivity index (χ0v) is 15.4. The Kier molecular flexibility index (Phi) is 5.60. The molecule has 5 nitrogen and oxygen atoms in total. The Balaban J connectivity index is 1.57. The first-order valence-electron chi connectivity index (χ1n) is 9.40. The quantitative estimate of drug-likeness (QED) is 0.883. The van der Waals surface area contributed by atoms with E-state index in [-0.39, 0.29) is 23.9 Å². The summed E-state index contributed by atoms with van der Waals surface area (Å²) in [5, 5.41) is 7.76. The zero-order valence-electron chi connectivity index (χ0n) is 15.4. The van der Waals surface area contributed by atoms with Gasteiger partial charge in [-0.15, -0.1) is 0 Å². The van der Waals surface area contributed by atoms with Gasteiger partial charge in [0.2, 0.25) is 5.91 Å². The molecule has 0 radical (unpaired) electrons. The van der Waals surface area contributed by atoms with Crippen molar-refractivity contribution in [3.63, 3.8) is 0 Å². The Labute approximate surface area is 151 Å². The fraction of sp³-hybridized carbons (Fsp3) is 0.778. The summed E-state index contributed by atoms with van der Waals surface area (Å²) in [7, 11) is 0. The van der Waals surface area contributed by atoms with Gasteiger partial charge in [0.25, 0.3) is 0 Å². The van der Waals surface area contributed by atoms with E-state index in [4.69, 9.17) is 0 Å². The summed E-state index contributed by atoms with van der Waals surface area (Å²) in [5.41, 5.74) is 2.14. The number of likely N-dealkylation sites (tertiary alicyclic amines) is 1. The summed E-state index contributed by atoms with van der Waals surface area (Å²) in [6.45, 7) is 3.88. The standard InChI is InChI=1S/C18H27F3N4O/c1-12(2)25-10-14-4-3-5-15(16(14)23-25)22-17(26)13-6-8-24(9-7-13)11-18(19,20)21/h10,12-13,15H,3-9,11H2,1-2H3,(H,22,26)/t15-/m0/s1. The number of nitrogens with zero attached hydrogens (tertiary/aromatic N) is 3. The Morgan fingerprint density at radius 1 is 1.31 bits per heavy atom. The first-order valence-corrected chi connectivity index (χ1v) is 9.40. The van der Waals surface area contributed by atoms with Crippen LogP contribution < -0.4 is 5.32 Å². The summed E-state index contributed by atoms with van der Waals surface area (Å²) in [6, 6.07) is 0.189. The van der Waals surface area contributed by atoms with Gasteiger partial charge in [-0.05, 0) is 64.6 Å². The van der Waals surface area contributed by atoms with Crippen molar-refractivity contribution in [2.75, 3.05) is 19.6 Å². The van der Waals surface area contributed by atoms with Gasteiger partial charge in [-0.2, -0.15) is 18.3 Å². The van der Waals surface area contributed by atoms with Gasteiger partial charge in [0.05, 0.1) is 18.3 Å². The highest BCUT2D eigenvalue weighted by Crippen LogP contribution is 2.30. The van der Waals surface area contributed by atoms with Gasteiger partial charge in [0.15, 0.2) is 0 Å². The highest BCUT2D eigenvalue weighted by molar-refractivity contribution is 5.79. The third-order valence-corrected chi connectivity index (χ3v) is 5.32. The van der Waals surface area contributed by atoms with Gasteiger partial charge in [-0.25, -0.2) is 0 Å². The van der Waals surface area contributed by atoms with Gasteiger partial charge in [0, 0.05) is 18.2 Å². The van der Waals surface area contributed by atoms with Crippen molar-refractivity contribution in [1.82, 2.24) is 20.0 Å². The van der Waals surface area contributed by atoms with E-state index in [0.717, 1.165) is 25.0 Å². The molecule has 1 fully saturated rings. The highest BCUT2D eigenvalue weighted by Gasteiger charge is 2.35. The predicted molar refractivity (Wildman–Crippen MR) is 91.7 cm³/mol. The number of amides is 1. The van der Waals surface area contributed by atoms with Gasteiger partial charge in [-0.1, -0.05) is 0 Å². The molecule has 0 unspecified atom stereocenters. The molecule has 0 bridgehead atoms. The van der Waals surface area contributed by atoms with Crippen LogP contribution in [-0.2, 0) is 11.2 Å². The van der Waals surface area contributed by atoms with E-state index < -0.39 is 12.7 Å².